The van der Waals surface area contributed by atoms with Crippen LogP contribution in [0.5, 0.6) is 11.5 Å². The highest BCUT2D eigenvalue weighted by atomic mass is 32.2. The van der Waals surface area contributed by atoms with Crippen molar-refractivity contribution in [3.63, 3.8) is 0 Å². The number of anilines is 1. The summed E-state index contributed by atoms with van der Waals surface area (Å²) >= 11 is 0. The van der Waals surface area contributed by atoms with Crippen LogP contribution in [0.2, 0.25) is 0 Å². The molecular weight excluding hydrogens is 358 g/mol. The number of benzene rings is 1. The first kappa shape index (κ1) is 17.7. The van der Waals surface area contributed by atoms with Gasteiger partial charge in [-0.05, 0) is 19.1 Å². The second-order valence-electron chi connectivity index (χ2n) is 5.23. The van der Waals surface area contributed by atoms with Crippen molar-refractivity contribution in [2.75, 3.05) is 18.9 Å². The Hall–Kier alpha value is -3.14. The van der Waals surface area contributed by atoms with Crippen LogP contribution in [0.1, 0.15) is 5.82 Å². The molecule has 0 saturated heterocycles. The SMILES string of the molecule is COc1ccc(S(=O)(=O)Nc2cc(-n3ccnc3C)ncn2)cc1OC. The quantitative estimate of drug-likeness (QED) is 0.699. The summed E-state index contributed by atoms with van der Waals surface area (Å²) in [5.41, 5.74) is 0. The van der Waals surface area contributed by atoms with Crippen LogP contribution in [0.15, 0.2) is 47.9 Å². The van der Waals surface area contributed by atoms with Gasteiger partial charge in [-0.1, -0.05) is 0 Å². The molecule has 2 heterocycles. The molecule has 0 amide bonds. The van der Waals surface area contributed by atoms with Crippen molar-refractivity contribution in [2.24, 2.45) is 0 Å². The van der Waals surface area contributed by atoms with Gasteiger partial charge in [0.25, 0.3) is 10.0 Å². The predicted molar refractivity (Wildman–Crippen MR) is 94.2 cm³/mol. The zero-order chi connectivity index (χ0) is 18.7. The third-order valence-electron chi connectivity index (χ3n) is 3.63. The number of rotatable bonds is 6. The molecule has 0 aliphatic carbocycles. The lowest BCUT2D eigenvalue weighted by atomic mass is 10.3. The first-order valence-electron chi connectivity index (χ1n) is 7.52. The minimum Gasteiger partial charge on any atom is -0.493 e. The van der Waals surface area contributed by atoms with Crippen molar-refractivity contribution in [2.45, 2.75) is 11.8 Å². The number of methoxy groups -OCH3 is 2. The van der Waals surface area contributed by atoms with E-state index in [0.29, 0.717) is 17.3 Å². The maximum absolute atomic E-state index is 12.6. The fraction of sp³-hybridized carbons (Fsp3) is 0.188. The summed E-state index contributed by atoms with van der Waals surface area (Å²) in [6, 6.07) is 5.84. The Bertz CT molecular complexity index is 1030. The third kappa shape index (κ3) is 3.45. The largest absolute Gasteiger partial charge is 0.493 e. The molecule has 0 unspecified atom stereocenters. The molecular formula is C16H17N5O4S. The Balaban J connectivity index is 1.92. The van der Waals surface area contributed by atoms with E-state index in [1.54, 1.807) is 17.0 Å². The Labute approximate surface area is 150 Å². The Morgan fingerprint density at radius 2 is 1.81 bits per heavy atom. The van der Waals surface area contributed by atoms with Gasteiger partial charge in [0.15, 0.2) is 11.5 Å². The average Bonchev–Trinajstić information content (AvgIpc) is 3.07. The molecule has 0 bridgehead atoms. The molecule has 0 spiro atoms. The van der Waals surface area contributed by atoms with Crippen LogP contribution in [0.3, 0.4) is 0 Å². The first-order chi connectivity index (χ1) is 12.4. The van der Waals surface area contributed by atoms with Gasteiger partial charge in [-0.15, -0.1) is 0 Å². The standard InChI is InChI=1S/C16H17N5O4S/c1-11-17-6-7-21(11)16-9-15(18-10-19-16)20-26(22,23)12-4-5-13(24-2)14(8-12)25-3/h4-10H,1-3H3,(H,18,19,20). The van der Waals surface area contributed by atoms with Crippen LogP contribution in [0.25, 0.3) is 5.82 Å². The molecule has 3 rings (SSSR count). The van der Waals surface area contributed by atoms with Crippen molar-refractivity contribution < 1.29 is 17.9 Å². The van der Waals surface area contributed by atoms with E-state index in [0.717, 1.165) is 5.82 Å². The van der Waals surface area contributed by atoms with Crippen LogP contribution < -0.4 is 14.2 Å². The van der Waals surface area contributed by atoms with Gasteiger partial charge in [-0.3, -0.25) is 9.29 Å². The molecule has 0 fully saturated rings. The van der Waals surface area contributed by atoms with Crippen molar-refractivity contribution in [1.29, 1.82) is 0 Å². The number of sulfonamides is 1. The minimum atomic E-state index is -3.87. The third-order valence-corrected chi connectivity index (χ3v) is 4.98. The van der Waals surface area contributed by atoms with E-state index in [1.807, 2.05) is 6.92 Å². The molecule has 3 aromatic rings. The molecule has 0 aliphatic heterocycles. The number of hydrogen-bond donors (Lipinski definition) is 1. The average molecular weight is 375 g/mol. The van der Waals surface area contributed by atoms with E-state index in [1.165, 1.54) is 44.8 Å². The Morgan fingerprint density at radius 3 is 2.46 bits per heavy atom. The van der Waals surface area contributed by atoms with E-state index < -0.39 is 10.0 Å². The number of nitrogens with one attached hydrogen (secondary N) is 1. The minimum absolute atomic E-state index is 0.0223. The molecule has 9 nitrogen and oxygen atoms in total. The van der Waals surface area contributed by atoms with Crippen molar-refractivity contribution in [1.82, 2.24) is 19.5 Å². The zero-order valence-corrected chi connectivity index (χ0v) is 15.2. The molecule has 0 aliphatic rings. The molecule has 26 heavy (non-hydrogen) atoms. The molecule has 10 heteroatoms. The van der Waals surface area contributed by atoms with Crippen LogP contribution in [-0.2, 0) is 10.0 Å². The summed E-state index contributed by atoms with van der Waals surface area (Å²) in [4.78, 5) is 12.3. The zero-order valence-electron chi connectivity index (χ0n) is 14.4. The smallest absolute Gasteiger partial charge is 0.263 e. The van der Waals surface area contributed by atoms with Crippen molar-refractivity contribution in [3.05, 3.63) is 48.8 Å². The second-order valence-corrected chi connectivity index (χ2v) is 6.91. The molecule has 136 valence electrons. The van der Waals surface area contributed by atoms with Crippen LogP contribution in [0.4, 0.5) is 5.82 Å². The predicted octanol–water partition coefficient (Wildman–Crippen LogP) is 1.79. The molecule has 1 aromatic carbocycles. The fourth-order valence-corrected chi connectivity index (χ4v) is 3.35. The van der Waals surface area contributed by atoms with Crippen LogP contribution >= 0.6 is 0 Å². The second kappa shape index (κ2) is 7.00. The first-order valence-corrected chi connectivity index (χ1v) is 9.00. The number of nitrogens with zero attached hydrogens (tertiary/aromatic N) is 4. The van der Waals surface area contributed by atoms with Gasteiger partial charge >= 0.3 is 0 Å². The summed E-state index contributed by atoms with van der Waals surface area (Å²) in [5.74, 6) is 2.11. The van der Waals surface area contributed by atoms with Gasteiger partial charge in [-0.25, -0.2) is 23.4 Å². The highest BCUT2D eigenvalue weighted by Crippen LogP contribution is 2.30. The Morgan fingerprint density at radius 1 is 1.04 bits per heavy atom. The normalized spacial score (nSPS) is 11.2. The van der Waals surface area contributed by atoms with Crippen LogP contribution in [0, 0.1) is 6.92 Å². The summed E-state index contributed by atoms with van der Waals surface area (Å²) < 4.78 is 39.7. The highest BCUT2D eigenvalue weighted by molar-refractivity contribution is 7.92. The number of hydrogen-bond acceptors (Lipinski definition) is 7. The van der Waals surface area contributed by atoms with Gasteiger partial charge in [-0.2, -0.15) is 0 Å². The maximum atomic E-state index is 12.6. The fourth-order valence-electron chi connectivity index (χ4n) is 2.33. The van der Waals surface area contributed by atoms with Crippen molar-refractivity contribution >= 4 is 15.8 Å². The monoisotopic (exact) mass is 375 g/mol. The summed E-state index contributed by atoms with van der Waals surface area (Å²) in [7, 11) is -0.954. The number of aromatic nitrogens is 4. The van der Waals surface area contributed by atoms with E-state index >= 15 is 0 Å². The highest BCUT2D eigenvalue weighted by Gasteiger charge is 2.18. The maximum Gasteiger partial charge on any atom is 0.263 e. The lowest BCUT2D eigenvalue weighted by molar-refractivity contribution is 0.354. The summed E-state index contributed by atoms with van der Waals surface area (Å²) in [6.45, 7) is 1.82. The van der Waals surface area contributed by atoms with E-state index in [-0.39, 0.29) is 10.7 Å². The van der Waals surface area contributed by atoms with Gasteiger partial charge in [0.1, 0.15) is 23.8 Å². The van der Waals surface area contributed by atoms with Gasteiger partial charge in [0.2, 0.25) is 0 Å². The van der Waals surface area contributed by atoms with Crippen LogP contribution in [-0.4, -0.2) is 42.2 Å². The molecule has 1 N–H and O–H groups in total. The summed E-state index contributed by atoms with van der Waals surface area (Å²) in [6.07, 6.45) is 4.64. The number of aryl methyl sites for hydroxylation is 1. The topological polar surface area (TPSA) is 108 Å². The Kier molecular flexibility index (Phi) is 4.76. The molecule has 0 atom stereocenters. The van der Waals surface area contributed by atoms with Crippen molar-refractivity contribution in [3.8, 4) is 17.3 Å². The number of imidazole rings is 1. The summed E-state index contributed by atoms with van der Waals surface area (Å²) in [5, 5.41) is 0. The molecule has 2 aromatic heterocycles. The van der Waals surface area contributed by atoms with E-state index in [2.05, 4.69) is 19.7 Å². The lowest BCUT2D eigenvalue weighted by Crippen LogP contribution is -2.15. The molecule has 0 radical (unpaired) electrons. The van der Waals surface area contributed by atoms with E-state index in [9.17, 15) is 8.42 Å². The number of ether oxygens (including phenoxy) is 2. The lowest BCUT2D eigenvalue weighted by Gasteiger charge is -2.12. The van der Waals surface area contributed by atoms with Gasteiger partial charge in [0.05, 0.1) is 19.1 Å². The molecule has 0 saturated carbocycles. The van der Waals surface area contributed by atoms with Gasteiger partial charge < -0.3 is 9.47 Å². The van der Waals surface area contributed by atoms with Gasteiger partial charge in [0, 0.05) is 24.5 Å². The van der Waals surface area contributed by atoms with E-state index in [4.69, 9.17) is 9.47 Å².